The maximum Gasteiger partial charge on any atom is 0.414 e. The molecule has 9 heteroatoms. The fourth-order valence-electron chi connectivity index (χ4n) is 2.15. The van der Waals surface area contributed by atoms with Crippen LogP contribution in [0.15, 0.2) is 54.6 Å². The lowest BCUT2D eigenvalue weighted by atomic mass is 10.1. The Morgan fingerprint density at radius 3 is 2.00 bits per heavy atom. The predicted octanol–water partition coefficient (Wildman–Crippen LogP) is 2.82. The van der Waals surface area contributed by atoms with Gasteiger partial charge in [-0.25, -0.2) is 9.59 Å². The van der Waals surface area contributed by atoms with Crippen molar-refractivity contribution in [2.24, 2.45) is 0 Å². The molecule has 150 valence electrons. The number of carboxylic acid groups (broad SMARTS) is 2. The first-order chi connectivity index (χ1) is 13.2. The minimum Gasteiger partial charge on any atom is -0.486 e. The molecule has 28 heavy (non-hydrogen) atoms. The Labute approximate surface area is 161 Å². The van der Waals surface area contributed by atoms with Crippen molar-refractivity contribution < 1.29 is 29.5 Å². The lowest BCUT2D eigenvalue weighted by Gasteiger charge is -2.21. The van der Waals surface area contributed by atoms with Gasteiger partial charge in [-0.05, 0) is 31.8 Å². The normalized spacial score (nSPS) is 11.1. The number of hydrogen-bond acceptors (Lipinski definition) is 6. The number of non-ortho nitro benzene ring substituents is 1. The second kappa shape index (κ2) is 11.3. The van der Waals surface area contributed by atoms with E-state index in [1.807, 2.05) is 44.4 Å². The zero-order valence-corrected chi connectivity index (χ0v) is 15.5. The van der Waals surface area contributed by atoms with Gasteiger partial charge in [-0.3, -0.25) is 10.1 Å². The first-order valence-electron chi connectivity index (χ1n) is 8.27. The number of rotatable bonds is 7. The van der Waals surface area contributed by atoms with Crippen molar-refractivity contribution in [2.75, 3.05) is 20.6 Å². The summed E-state index contributed by atoms with van der Waals surface area (Å²) < 4.78 is 6.04. The van der Waals surface area contributed by atoms with Gasteiger partial charge < -0.3 is 19.8 Å². The average Bonchev–Trinajstić information content (AvgIpc) is 2.66. The van der Waals surface area contributed by atoms with Crippen LogP contribution in [0.3, 0.4) is 0 Å². The van der Waals surface area contributed by atoms with Gasteiger partial charge in [0.05, 0.1) is 4.92 Å². The summed E-state index contributed by atoms with van der Waals surface area (Å²) in [7, 11) is 4.04. The number of nitro groups is 1. The zero-order valence-electron chi connectivity index (χ0n) is 15.5. The Hall–Kier alpha value is -3.46. The highest BCUT2D eigenvalue weighted by molar-refractivity contribution is 6.27. The first kappa shape index (κ1) is 22.6. The molecular weight excluding hydrogens is 368 g/mol. The zero-order chi connectivity index (χ0) is 21.1. The predicted molar refractivity (Wildman–Crippen MR) is 101 cm³/mol. The molecule has 1 atom stereocenters. The fraction of sp³-hybridized carbons (Fsp3) is 0.263. The summed E-state index contributed by atoms with van der Waals surface area (Å²) in [6.45, 7) is 0.895. The lowest BCUT2D eigenvalue weighted by Crippen LogP contribution is -2.18. The second-order valence-electron chi connectivity index (χ2n) is 5.97. The minimum atomic E-state index is -1.82. The van der Waals surface area contributed by atoms with Gasteiger partial charge in [-0.15, -0.1) is 0 Å². The largest absolute Gasteiger partial charge is 0.486 e. The van der Waals surface area contributed by atoms with Crippen molar-refractivity contribution in [1.82, 2.24) is 4.90 Å². The Bertz CT molecular complexity index is 765. The average molecular weight is 390 g/mol. The highest BCUT2D eigenvalue weighted by Crippen LogP contribution is 2.26. The first-order valence-corrected chi connectivity index (χ1v) is 8.27. The van der Waals surface area contributed by atoms with E-state index in [4.69, 9.17) is 24.5 Å². The third-order valence-electron chi connectivity index (χ3n) is 3.52. The van der Waals surface area contributed by atoms with Crippen LogP contribution in [-0.4, -0.2) is 52.6 Å². The highest BCUT2D eigenvalue weighted by atomic mass is 16.6. The van der Waals surface area contributed by atoms with Crippen molar-refractivity contribution >= 4 is 17.6 Å². The Morgan fingerprint density at radius 2 is 1.57 bits per heavy atom. The second-order valence-corrected chi connectivity index (χ2v) is 5.97. The van der Waals surface area contributed by atoms with Gasteiger partial charge in [0.25, 0.3) is 5.69 Å². The molecule has 0 fully saturated rings. The van der Waals surface area contributed by atoms with Crippen LogP contribution in [0.25, 0.3) is 0 Å². The van der Waals surface area contributed by atoms with Gasteiger partial charge in [-0.2, -0.15) is 0 Å². The van der Waals surface area contributed by atoms with Gasteiger partial charge in [0.15, 0.2) is 0 Å². The van der Waals surface area contributed by atoms with Crippen LogP contribution in [0.1, 0.15) is 18.1 Å². The standard InChI is InChI=1S/C17H20N2O3.C2H2O4/c1-18(2)13-12-17(14-6-4-3-5-7-14)22-16-10-8-15(9-11-16)19(20)21;3-1(4)2(5)6/h3-11,17H,12-13H2,1-2H3;(H,3,4)(H,5,6). The summed E-state index contributed by atoms with van der Waals surface area (Å²) in [6, 6.07) is 16.2. The van der Waals surface area contributed by atoms with E-state index in [1.54, 1.807) is 12.1 Å². The maximum atomic E-state index is 10.7. The third-order valence-corrected chi connectivity index (χ3v) is 3.52. The highest BCUT2D eigenvalue weighted by Gasteiger charge is 2.14. The molecule has 0 aliphatic rings. The molecule has 0 heterocycles. The molecule has 0 aromatic heterocycles. The summed E-state index contributed by atoms with van der Waals surface area (Å²) >= 11 is 0. The maximum absolute atomic E-state index is 10.7. The molecule has 0 spiro atoms. The summed E-state index contributed by atoms with van der Waals surface area (Å²) in [6.07, 6.45) is 0.763. The smallest absolute Gasteiger partial charge is 0.414 e. The van der Waals surface area contributed by atoms with Crippen molar-refractivity contribution in [3.63, 3.8) is 0 Å². The van der Waals surface area contributed by atoms with E-state index in [0.29, 0.717) is 5.75 Å². The van der Waals surface area contributed by atoms with E-state index in [9.17, 15) is 10.1 Å². The molecule has 2 aromatic carbocycles. The SMILES string of the molecule is CN(C)CCC(Oc1ccc([N+](=O)[O-])cc1)c1ccccc1.O=C(O)C(=O)O. The molecule has 9 nitrogen and oxygen atoms in total. The molecule has 2 N–H and O–H groups in total. The monoisotopic (exact) mass is 390 g/mol. The summed E-state index contributed by atoms with van der Waals surface area (Å²) in [5, 5.41) is 25.5. The van der Waals surface area contributed by atoms with Crippen molar-refractivity contribution in [1.29, 1.82) is 0 Å². The number of nitrogens with zero attached hydrogens (tertiary/aromatic N) is 2. The van der Waals surface area contributed by atoms with Crippen LogP contribution in [0.2, 0.25) is 0 Å². The van der Waals surface area contributed by atoms with Crippen LogP contribution in [0, 0.1) is 10.1 Å². The fourth-order valence-corrected chi connectivity index (χ4v) is 2.15. The molecule has 0 aliphatic carbocycles. The van der Waals surface area contributed by atoms with Gasteiger partial charge in [-0.1, -0.05) is 30.3 Å². The van der Waals surface area contributed by atoms with Crippen molar-refractivity contribution in [2.45, 2.75) is 12.5 Å². The van der Waals surface area contributed by atoms with Crippen LogP contribution in [-0.2, 0) is 9.59 Å². The molecule has 2 aromatic rings. The minimum absolute atomic E-state index is 0.0666. The molecule has 0 saturated heterocycles. The summed E-state index contributed by atoms with van der Waals surface area (Å²) in [4.78, 5) is 30.6. The number of nitro benzene ring substituents is 1. The van der Waals surface area contributed by atoms with Crippen LogP contribution >= 0.6 is 0 Å². The van der Waals surface area contributed by atoms with Crippen molar-refractivity contribution in [3.05, 3.63) is 70.3 Å². The van der Waals surface area contributed by atoms with Gasteiger partial charge in [0.2, 0.25) is 0 Å². The van der Waals surface area contributed by atoms with E-state index in [0.717, 1.165) is 18.5 Å². The van der Waals surface area contributed by atoms with E-state index in [-0.39, 0.29) is 11.8 Å². The Kier molecular flexibility index (Phi) is 9.11. The van der Waals surface area contributed by atoms with E-state index in [2.05, 4.69) is 4.90 Å². The lowest BCUT2D eigenvalue weighted by molar-refractivity contribution is -0.384. The molecule has 2 rings (SSSR count). The molecule has 1 unspecified atom stereocenters. The molecule has 0 saturated carbocycles. The topological polar surface area (TPSA) is 130 Å². The number of carboxylic acids is 2. The number of ether oxygens (including phenoxy) is 1. The van der Waals surface area contributed by atoms with E-state index < -0.39 is 16.9 Å². The number of hydrogen-bond donors (Lipinski definition) is 2. The molecule has 0 aliphatic heterocycles. The van der Waals surface area contributed by atoms with Crippen LogP contribution in [0.5, 0.6) is 5.75 Å². The van der Waals surface area contributed by atoms with Crippen LogP contribution in [0.4, 0.5) is 5.69 Å². The molecule has 0 bridgehead atoms. The van der Waals surface area contributed by atoms with Gasteiger partial charge >= 0.3 is 11.9 Å². The van der Waals surface area contributed by atoms with Gasteiger partial charge in [0.1, 0.15) is 11.9 Å². The van der Waals surface area contributed by atoms with Crippen molar-refractivity contribution in [3.8, 4) is 5.75 Å². The molecule has 0 radical (unpaired) electrons. The number of carbonyl (C=O) groups is 2. The Balaban J connectivity index is 0.000000568. The molecule has 0 amide bonds. The van der Waals surface area contributed by atoms with Crippen LogP contribution < -0.4 is 4.74 Å². The van der Waals surface area contributed by atoms with E-state index in [1.165, 1.54) is 12.1 Å². The summed E-state index contributed by atoms with van der Waals surface area (Å²) in [5.41, 5.74) is 1.17. The summed E-state index contributed by atoms with van der Waals surface area (Å²) in [5.74, 6) is -3.01. The Morgan fingerprint density at radius 1 is 1.04 bits per heavy atom. The quantitative estimate of drug-likeness (QED) is 0.419. The van der Waals surface area contributed by atoms with E-state index >= 15 is 0 Å². The number of benzene rings is 2. The van der Waals surface area contributed by atoms with Gasteiger partial charge in [0, 0.05) is 25.1 Å². The molecular formula is C19H22N2O7. The third kappa shape index (κ3) is 8.28. The number of aliphatic carboxylic acids is 2.